The van der Waals surface area contributed by atoms with Gasteiger partial charge in [-0.15, -0.1) is 0 Å². The van der Waals surface area contributed by atoms with Gasteiger partial charge in [0.05, 0.1) is 0 Å². The molecule has 0 N–H and O–H groups in total. The van der Waals surface area contributed by atoms with Crippen LogP contribution in [0.5, 0.6) is 0 Å². The first-order valence-electron chi connectivity index (χ1n) is 4.68. The fourth-order valence-electron chi connectivity index (χ4n) is 3.38. The van der Waals surface area contributed by atoms with Gasteiger partial charge in [0, 0.05) is 0 Å². The highest BCUT2D eigenvalue weighted by Crippen LogP contribution is 2.82. The smallest absolute Gasteiger partial charge is 0.0235 e. The molecule has 2 fully saturated rings. The molecule has 0 heteroatoms. The number of hydrogen-bond donors (Lipinski definition) is 0. The second-order valence-corrected chi connectivity index (χ2v) is 4.54. The van der Waals surface area contributed by atoms with Gasteiger partial charge in [-0.1, -0.05) is 27.2 Å². The molecule has 2 aliphatic rings. The van der Waals surface area contributed by atoms with Crippen LogP contribution < -0.4 is 0 Å². The van der Waals surface area contributed by atoms with Crippen molar-refractivity contribution >= 4 is 0 Å². The SMILES string of the molecule is CCC1CC2(CC)CC12C. The molecule has 0 nitrogen and oxygen atoms in total. The van der Waals surface area contributed by atoms with Crippen LogP contribution in [0.25, 0.3) is 0 Å². The summed E-state index contributed by atoms with van der Waals surface area (Å²) in [7, 11) is 0. The van der Waals surface area contributed by atoms with Crippen LogP contribution >= 0.6 is 0 Å². The van der Waals surface area contributed by atoms with Crippen LogP contribution in [0.15, 0.2) is 0 Å². The van der Waals surface area contributed by atoms with Gasteiger partial charge in [0.1, 0.15) is 0 Å². The van der Waals surface area contributed by atoms with Crippen molar-refractivity contribution in [3.05, 3.63) is 0 Å². The second kappa shape index (κ2) is 1.60. The molecular weight excluding hydrogens is 120 g/mol. The van der Waals surface area contributed by atoms with E-state index < -0.39 is 0 Å². The molecule has 0 bridgehead atoms. The highest BCUT2D eigenvalue weighted by molar-refractivity contribution is 5.22. The zero-order valence-electron chi connectivity index (χ0n) is 7.41. The molecule has 58 valence electrons. The summed E-state index contributed by atoms with van der Waals surface area (Å²) in [6.07, 6.45) is 5.92. The molecule has 0 aromatic heterocycles. The summed E-state index contributed by atoms with van der Waals surface area (Å²) in [5, 5.41) is 0. The first kappa shape index (κ1) is 6.69. The Morgan fingerprint density at radius 3 is 2.40 bits per heavy atom. The van der Waals surface area contributed by atoms with Gasteiger partial charge in [-0.25, -0.2) is 0 Å². The van der Waals surface area contributed by atoms with Gasteiger partial charge in [-0.2, -0.15) is 0 Å². The first-order chi connectivity index (χ1) is 4.68. The summed E-state index contributed by atoms with van der Waals surface area (Å²) in [5.41, 5.74) is 1.64. The summed E-state index contributed by atoms with van der Waals surface area (Å²) in [4.78, 5) is 0. The molecular formula is C10H18. The predicted molar refractivity (Wildman–Crippen MR) is 43.8 cm³/mol. The van der Waals surface area contributed by atoms with Crippen molar-refractivity contribution in [2.24, 2.45) is 16.7 Å². The molecule has 0 aliphatic heterocycles. The Bertz CT molecular complexity index is 161. The molecule has 2 rings (SSSR count). The minimum absolute atomic E-state index is 0.802. The molecule has 2 saturated carbocycles. The van der Waals surface area contributed by atoms with E-state index in [-0.39, 0.29) is 0 Å². The topological polar surface area (TPSA) is 0 Å². The zero-order chi connectivity index (χ0) is 7.41. The summed E-state index contributed by atoms with van der Waals surface area (Å²) in [6.45, 7) is 7.19. The molecule has 0 aromatic carbocycles. The normalized spacial score (nSPS) is 57.3. The van der Waals surface area contributed by atoms with E-state index in [9.17, 15) is 0 Å². The van der Waals surface area contributed by atoms with E-state index in [2.05, 4.69) is 20.8 Å². The standard InChI is InChI=1S/C10H18/c1-4-8-6-10(5-2)7-9(8,10)3/h8H,4-7H2,1-3H3. The van der Waals surface area contributed by atoms with Gasteiger partial charge in [0.2, 0.25) is 0 Å². The Labute approximate surface area is 64.0 Å². The second-order valence-electron chi connectivity index (χ2n) is 4.54. The summed E-state index contributed by atoms with van der Waals surface area (Å²) >= 11 is 0. The van der Waals surface area contributed by atoms with E-state index in [4.69, 9.17) is 0 Å². The fourth-order valence-corrected chi connectivity index (χ4v) is 3.38. The van der Waals surface area contributed by atoms with Crippen LogP contribution in [-0.2, 0) is 0 Å². The largest absolute Gasteiger partial charge is 0.0651 e. The lowest BCUT2D eigenvalue weighted by molar-refractivity contribution is 0.0810. The monoisotopic (exact) mass is 138 g/mol. The molecule has 0 spiro atoms. The van der Waals surface area contributed by atoms with Gasteiger partial charge in [0.15, 0.2) is 0 Å². The van der Waals surface area contributed by atoms with Gasteiger partial charge in [-0.3, -0.25) is 0 Å². The van der Waals surface area contributed by atoms with Crippen molar-refractivity contribution in [1.82, 2.24) is 0 Å². The predicted octanol–water partition coefficient (Wildman–Crippen LogP) is 3.22. The molecule has 10 heavy (non-hydrogen) atoms. The fraction of sp³-hybridized carbons (Fsp3) is 1.00. The van der Waals surface area contributed by atoms with Crippen molar-refractivity contribution < 1.29 is 0 Å². The molecule has 3 unspecified atom stereocenters. The van der Waals surface area contributed by atoms with Crippen molar-refractivity contribution in [2.75, 3.05) is 0 Å². The van der Waals surface area contributed by atoms with Gasteiger partial charge < -0.3 is 0 Å². The lowest BCUT2D eigenvalue weighted by Gasteiger charge is -2.41. The van der Waals surface area contributed by atoms with E-state index in [0.29, 0.717) is 0 Å². The van der Waals surface area contributed by atoms with E-state index >= 15 is 0 Å². The lowest BCUT2D eigenvalue weighted by atomic mass is 9.64. The summed E-state index contributed by atoms with van der Waals surface area (Å²) < 4.78 is 0. The maximum atomic E-state index is 2.49. The third-order valence-electron chi connectivity index (χ3n) is 4.50. The molecule has 2 aliphatic carbocycles. The molecule has 0 saturated heterocycles. The van der Waals surface area contributed by atoms with Crippen molar-refractivity contribution in [1.29, 1.82) is 0 Å². The minimum atomic E-state index is 0.802. The van der Waals surface area contributed by atoms with Crippen LogP contribution in [0, 0.1) is 16.7 Å². The van der Waals surface area contributed by atoms with E-state index in [1.165, 1.54) is 25.7 Å². The highest BCUT2D eigenvalue weighted by Gasteiger charge is 2.73. The molecule has 0 heterocycles. The maximum Gasteiger partial charge on any atom is -0.0235 e. The van der Waals surface area contributed by atoms with E-state index in [1.54, 1.807) is 0 Å². The number of rotatable bonds is 2. The van der Waals surface area contributed by atoms with Crippen molar-refractivity contribution in [2.45, 2.75) is 46.5 Å². The van der Waals surface area contributed by atoms with Gasteiger partial charge in [0.25, 0.3) is 0 Å². The van der Waals surface area contributed by atoms with Crippen LogP contribution in [0.3, 0.4) is 0 Å². The first-order valence-corrected chi connectivity index (χ1v) is 4.68. The number of hydrogen-bond acceptors (Lipinski definition) is 0. The van der Waals surface area contributed by atoms with Crippen LogP contribution in [0.1, 0.15) is 46.5 Å². The third-order valence-corrected chi connectivity index (χ3v) is 4.50. The van der Waals surface area contributed by atoms with Crippen LogP contribution in [0.4, 0.5) is 0 Å². The molecule has 0 aromatic rings. The van der Waals surface area contributed by atoms with Crippen molar-refractivity contribution in [3.63, 3.8) is 0 Å². The summed E-state index contributed by atoms with van der Waals surface area (Å²) in [5.74, 6) is 1.08. The van der Waals surface area contributed by atoms with Gasteiger partial charge in [-0.05, 0) is 36.0 Å². The average Bonchev–Trinajstić information content (AvgIpc) is 2.39. The highest BCUT2D eigenvalue weighted by atomic mass is 14.8. The Morgan fingerprint density at radius 2 is 2.10 bits per heavy atom. The minimum Gasteiger partial charge on any atom is -0.0651 e. The molecule has 0 amide bonds. The maximum absolute atomic E-state index is 2.49. The summed E-state index contributed by atoms with van der Waals surface area (Å²) in [6, 6.07) is 0. The Morgan fingerprint density at radius 1 is 1.40 bits per heavy atom. The van der Waals surface area contributed by atoms with E-state index in [0.717, 1.165) is 16.7 Å². The Kier molecular flexibility index (Phi) is 1.07. The van der Waals surface area contributed by atoms with Crippen molar-refractivity contribution in [3.8, 4) is 0 Å². The Balaban J connectivity index is 2.06. The third kappa shape index (κ3) is 0.466. The van der Waals surface area contributed by atoms with Crippen LogP contribution in [0.2, 0.25) is 0 Å². The number of fused-ring (bicyclic) bond motifs is 1. The van der Waals surface area contributed by atoms with Gasteiger partial charge >= 0.3 is 0 Å². The zero-order valence-corrected chi connectivity index (χ0v) is 7.41. The molecule has 3 atom stereocenters. The molecule has 0 radical (unpaired) electrons. The Hall–Kier alpha value is 0. The average molecular weight is 138 g/mol. The van der Waals surface area contributed by atoms with E-state index in [1.807, 2.05) is 0 Å². The quantitative estimate of drug-likeness (QED) is 0.549. The van der Waals surface area contributed by atoms with Crippen LogP contribution in [-0.4, -0.2) is 0 Å². The lowest BCUT2D eigenvalue weighted by Crippen LogP contribution is -2.33.